The lowest BCUT2D eigenvalue weighted by Gasteiger charge is -2.49. The lowest BCUT2D eigenvalue weighted by atomic mass is 9.79. The zero-order valence-corrected chi connectivity index (χ0v) is 41.5. The molecule has 1 fully saturated rings. The minimum atomic E-state index is -4.87. The van der Waals surface area contributed by atoms with Crippen LogP contribution in [0, 0.1) is 0 Å². The summed E-state index contributed by atoms with van der Waals surface area (Å²) in [4.78, 5) is -0.636. The molecule has 20 nitrogen and oxygen atoms in total. The Labute approximate surface area is 400 Å². The van der Waals surface area contributed by atoms with Gasteiger partial charge < -0.3 is 0 Å². The first-order valence-electron chi connectivity index (χ1n) is 20.2. The van der Waals surface area contributed by atoms with Crippen LogP contribution < -0.4 is 4.48 Å². The average Bonchev–Trinajstić information content (AvgIpc) is 3.56. The van der Waals surface area contributed by atoms with Crippen molar-refractivity contribution in [3.05, 3.63) is 107 Å². The van der Waals surface area contributed by atoms with E-state index in [2.05, 4.69) is 14.4 Å². The number of quaternary nitrogens is 1. The Morgan fingerprint density at radius 2 is 1.47 bits per heavy atom. The van der Waals surface area contributed by atoms with Gasteiger partial charge in [0.25, 0.3) is 30.4 Å². The summed E-state index contributed by atoms with van der Waals surface area (Å²) in [6.07, 6.45) is 10.6. The highest BCUT2D eigenvalue weighted by molar-refractivity contribution is 7.95. The maximum atomic E-state index is 13.0. The number of nitrogens with zero attached hydrogens (tertiary/aromatic N) is 2. The second-order valence-corrected chi connectivity index (χ2v) is 24.8. The quantitative estimate of drug-likeness (QED) is 0.0111. The van der Waals surface area contributed by atoms with Crippen LogP contribution in [0.2, 0.25) is 0 Å². The van der Waals surface area contributed by atoms with Gasteiger partial charge >= 0.3 is 10.1 Å². The smallest absolute Gasteiger partial charge is 0.286 e. The predicted octanol–water partition coefficient (Wildman–Crippen LogP) is 7.86. The zero-order valence-electron chi connectivity index (χ0n) is 36.6. The Bertz CT molecular complexity index is 3380. The fourth-order valence-corrected chi connectivity index (χ4v) is 14.0. The average molecular weight is 1060 g/mol. The summed E-state index contributed by atoms with van der Waals surface area (Å²) < 4.78 is 151. The van der Waals surface area contributed by atoms with E-state index in [4.69, 9.17) is 14.8 Å². The van der Waals surface area contributed by atoms with Crippen molar-refractivity contribution < 1.29 is 85.7 Å². The van der Waals surface area contributed by atoms with Crippen LogP contribution in [-0.4, -0.2) is 96.9 Å². The third-order valence-electron chi connectivity index (χ3n) is 12.5. The number of hydrogen-bond donors (Lipinski definition) is 6. The summed E-state index contributed by atoms with van der Waals surface area (Å²) in [5, 5.41) is 25.2. The first kappa shape index (κ1) is 51.9. The molecule has 0 radical (unpaired) electrons. The molecule has 3 heterocycles. The van der Waals surface area contributed by atoms with Gasteiger partial charge in [-0.1, -0.05) is 40.0 Å². The number of allylic oxidation sites excluding steroid dienone is 8. The third-order valence-corrected chi connectivity index (χ3v) is 17.5. The molecule has 26 heteroatoms. The zero-order chi connectivity index (χ0) is 50.0. The van der Waals surface area contributed by atoms with E-state index in [0.717, 1.165) is 12.1 Å². The minimum absolute atomic E-state index is 0.0136. The molecule has 4 aromatic rings. The van der Waals surface area contributed by atoms with Gasteiger partial charge in [0.2, 0.25) is 11.1 Å². The van der Waals surface area contributed by atoms with Gasteiger partial charge in [-0.05, 0) is 87.9 Å². The molecular formula is C42H46N2O18S6+2. The summed E-state index contributed by atoms with van der Waals surface area (Å²) in [6.45, 7) is 9.50. The summed E-state index contributed by atoms with van der Waals surface area (Å²) >= 11 is 0.966. The first-order valence-corrected chi connectivity index (χ1v) is 27.7. The monoisotopic (exact) mass is 1060 g/mol. The highest BCUT2D eigenvalue weighted by Gasteiger charge is 2.66. The molecule has 2 atom stereocenters. The highest BCUT2D eigenvalue weighted by atomic mass is 32.2. The standard InChI is InChI=1S/C42H44N2O18S6/c1-25(9-6-11-34-41(2,3)39-30(43(34)18-8-20-65(47,48)49)15-13-26-21-28(63-61-59-45)23-33(38(26)39)67(53,54)55)10-7-12-35-42(4,5)40-31(44(35)19-17-36(44)68(56,57)58)16-14-27-22-29(66(50,51)52)24-32(37(27)40)64-62-60-46/h6-7,9-16,21-24,36H,8,17-20H2,1-5H3,(H4-2,45,46,47,48,49,50,51,52,53,54,55,56,57,58)/p+2/b10-7?,11-6?,25-9?,35-12+. The van der Waals surface area contributed by atoms with Crippen LogP contribution >= 0.6 is 24.1 Å². The van der Waals surface area contributed by atoms with E-state index < -0.39 is 72.2 Å². The van der Waals surface area contributed by atoms with E-state index in [9.17, 15) is 51.9 Å². The Balaban J connectivity index is 1.30. The minimum Gasteiger partial charge on any atom is -0.286 e. The Morgan fingerprint density at radius 3 is 2.07 bits per heavy atom. The topological polar surface area (TPSA) is 298 Å². The van der Waals surface area contributed by atoms with Crippen LogP contribution in [0.4, 0.5) is 11.4 Å². The lowest BCUT2D eigenvalue weighted by molar-refractivity contribution is -0.437. The summed E-state index contributed by atoms with van der Waals surface area (Å²) in [5.41, 5.74) is 1.98. The van der Waals surface area contributed by atoms with Crippen molar-refractivity contribution in [2.75, 3.05) is 18.8 Å². The third kappa shape index (κ3) is 9.63. The summed E-state index contributed by atoms with van der Waals surface area (Å²) in [7, 11) is -18.6. The molecule has 0 saturated carbocycles. The molecule has 3 aliphatic rings. The van der Waals surface area contributed by atoms with E-state index >= 15 is 0 Å². The Hall–Kier alpha value is -3.91. The number of rotatable bonds is 17. The van der Waals surface area contributed by atoms with Crippen molar-refractivity contribution in [3.63, 3.8) is 0 Å². The van der Waals surface area contributed by atoms with Crippen LogP contribution in [0.25, 0.3) is 21.5 Å². The molecule has 6 N–H and O–H groups in total. The lowest BCUT2D eigenvalue weighted by Crippen LogP contribution is -2.68. The summed E-state index contributed by atoms with van der Waals surface area (Å²) in [5.74, 6) is -0.557. The van der Waals surface area contributed by atoms with Gasteiger partial charge in [0.15, 0.2) is 5.71 Å². The highest BCUT2D eigenvalue weighted by Crippen LogP contribution is 2.61. The van der Waals surface area contributed by atoms with Crippen molar-refractivity contribution >= 4 is 103 Å². The Kier molecular flexibility index (Phi) is 14.3. The van der Waals surface area contributed by atoms with Crippen LogP contribution in [0.1, 0.15) is 58.6 Å². The SMILES string of the molecule is CC(C=C/C=C1\C(C)(C)c2c(ccc3cc(S(=O)(=O)O)cc(SOOO)c23)[N+]12CCC2S(=O)(=O)O)=CC=CC1=[N+](CCCS(=O)(=O)O)c2ccc3cc(SOOO)cc(S(=O)(=O)O)c3c2C1(C)C. The molecule has 0 aliphatic carbocycles. The van der Waals surface area contributed by atoms with Crippen molar-refractivity contribution in [3.8, 4) is 0 Å². The molecule has 1 spiro atoms. The van der Waals surface area contributed by atoms with E-state index in [-0.39, 0.29) is 45.6 Å². The van der Waals surface area contributed by atoms with Gasteiger partial charge in [-0.2, -0.15) is 38.2 Å². The molecule has 0 bridgehead atoms. The number of benzene rings is 4. The molecule has 0 amide bonds. The molecule has 3 aliphatic heterocycles. The largest absolute Gasteiger partial charge is 0.320 e. The van der Waals surface area contributed by atoms with Gasteiger partial charge in [0, 0.05) is 56.3 Å². The second kappa shape index (κ2) is 18.7. The molecule has 366 valence electrons. The van der Waals surface area contributed by atoms with Crippen LogP contribution in [-0.2, 0) is 70.0 Å². The molecule has 68 heavy (non-hydrogen) atoms. The van der Waals surface area contributed by atoms with Gasteiger partial charge in [-0.3, -0.25) is 18.2 Å². The van der Waals surface area contributed by atoms with Gasteiger partial charge in [-0.15, -0.1) is 8.67 Å². The maximum Gasteiger partial charge on any atom is 0.320 e. The second-order valence-electron chi connectivity index (χ2n) is 17.3. The molecular weight excluding hydrogens is 1010 g/mol. The van der Waals surface area contributed by atoms with Crippen molar-refractivity contribution in [1.82, 2.24) is 4.48 Å². The van der Waals surface area contributed by atoms with E-state index in [0.29, 0.717) is 79.7 Å². The number of fused-ring (bicyclic) bond motifs is 7. The molecule has 1 saturated heterocycles. The first-order chi connectivity index (χ1) is 31.6. The van der Waals surface area contributed by atoms with Crippen molar-refractivity contribution in [2.45, 2.75) is 83.2 Å². The normalized spacial score (nSPS) is 21.2. The fraction of sp³-hybridized carbons (Fsp3) is 0.310. The van der Waals surface area contributed by atoms with Gasteiger partial charge in [-0.25, -0.2) is 15.0 Å². The van der Waals surface area contributed by atoms with Crippen molar-refractivity contribution in [2.24, 2.45) is 0 Å². The van der Waals surface area contributed by atoms with Crippen LogP contribution in [0.15, 0.2) is 116 Å². The van der Waals surface area contributed by atoms with Crippen LogP contribution in [0.5, 0.6) is 0 Å². The van der Waals surface area contributed by atoms with Gasteiger partial charge in [0.1, 0.15) is 22.8 Å². The summed E-state index contributed by atoms with van der Waals surface area (Å²) in [6, 6.07) is 11.7. The predicted molar refractivity (Wildman–Crippen MR) is 252 cm³/mol. The van der Waals surface area contributed by atoms with Crippen molar-refractivity contribution in [1.29, 1.82) is 0 Å². The fourth-order valence-electron chi connectivity index (χ4n) is 9.87. The molecule has 2 unspecified atom stereocenters. The van der Waals surface area contributed by atoms with Crippen LogP contribution in [0.3, 0.4) is 0 Å². The molecule has 4 aromatic carbocycles. The van der Waals surface area contributed by atoms with E-state index in [1.165, 1.54) is 6.07 Å². The Morgan fingerprint density at radius 1 is 0.809 bits per heavy atom. The molecule has 7 rings (SSSR count). The number of hydrogen-bond acceptors (Lipinski definition) is 16. The van der Waals surface area contributed by atoms with E-state index in [1.54, 1.807) is 78.3 Å². The van der Waals surface area contributed by atoms with E-state index in [1.807, 2.05) is 27.7 Å². The maximum absolute atomic E-state index is 13.0. The van der Waals surface area contributed by atoms with Gasteiger partial charge in [0.05, 0.1) is 58.5 Å². The molecule has 0 aromatic heterocycles.